The third-order valence-electron chi connectivity index (χ3n) is 3.53. The molecule has 1 aromatic rings. The Labute approximate surface area is 130 Å². The lowest BCUT2D eigenvalue weighted by molar-refractivity contribution is -0.274. The van der Waals surface area contributed by atoms with Crippen molar-refractivity contribution in [3.63, 3.8) is 0 Å². The Morgan fingerprint density at radius 2 is 1.87 bits per heavy atom. The van der Waals surface area contributed by atoms with Gasteiger partial charge in [-0.15, -0.1) is 13.2 Å². The maximum atomic E-state index is 12.5. The second-order valence-corrected chi connectivity index (χ2v) is 7.26. The van der Waals surface area contributed by atoms with E-state index in [9.17, 15) is 26.4 Å². The smallest absolute Gasteiger partial charge is 0.406 e. The molecule has 0 aromatic heterocycles. The molecule has 0 bridgehead atoms. The van der Waals surface area contributed by atoms with Crippen molar-refractivity contribution in [3.05, 3.63) is 24.3 Å². The molecule has 1 aliphatic rings. The minimum atomic E-state index is -4.85. The highest BCUT2D eigenvalue weighted by atomic mass is 32.2. The van der Waals surface area contributed by atoms with Gasteiger partial charge in [0.25, 0.3) is 0 Å². The maximum Gasteiger partial charge on any atom is 0.573 e. The van der Waals surface area contributed by atoms with Gasteiger partial charge in [-0.3, -0.25) is 4.79 Å². The van der Waals surface area contributed by atoms with Crippen molar-refractivity contribution in [1.29, 1.82) is 0 Å². The van der Waals surface area contributed by atoms with Crippen molar-refractivity contribution in [2.75, 3.05) is 6.54 Å². The molecule has 128 valence electrons. The summed E-state index contributed by atoms with van der Waals surface area (Å²) in [7, 11) is -3.84. The minimum absolute atomic E-state index is 0.0263. The van der Waals surface area contributed by atoms with Crippen LogP contribution in [0.3, 0.4) is 0 Å². The van der Waals surface area contributed by atoms with Crippen molar-refractivity contribution >= 4 is 15.7 Å². The number of alkyl halides is 3. The van der Waals surface area contributed by atoms with Crippen LogP contribution in [0.2, 0.25) is 0 Å². The first-order valence-corrected chi connectivity index (χ1v) is 8.26. The third kappa shape index (κ3) is 4.35. The van der Waals surface area contributed by atoms with Gasteiger partial charge in [0, 0.05) is 5.92 Å². The Kier molecular flexibility index (Phi) is 4.85. The van der Waals surface area contributed by atoms with Gasteiger partial charge in [0.15, 0.2) is 9.84 Å². The van der Waals surface area contributed by atoms with Crippen LogP contribution in [-0.2, 0) is 14.6 Å². The Balaban J connectivity index is 2.17. The summed E-state index contributed by atoms with van der Waals surface area (Å²) in [5.74, 6) is -1.63. The molecule has 1 aliphatic heterocycles. The number of rotatable bonds is 4. The molecule has 1 heterocycles. The van der Waals surface area contributed by atoms with Gasteiger partial charge in [-0.25, -0.2) is 8.42 Å². The number of carbonyl (C=O) groups excluding carboxylic acids is 1. The second kappa shape index (κ2) is 6.36. The minimum Gasteiger partial charge on any atom is -0.406 e. The molecule has 1 saturated heterocycles. The number of sulfone groups is 1. The van der Waals surface area contributed by atoms with Crippen molar-refractivity contribution < 1.29 is 31.1 Å². The summed E-state index contributed by atoms with van der Waals surface area (Å²) in [5.41, 5.74) is 5.21. The number of carbonyl (C=O) groups is 1. The molecule has 3 N–H and O–H groups in total. The lowest BCUT2D eigenvalue weighted by Gasteiger charge is -2.28. The van der Waals surface area contributed by atoms with Crippen molar-refractivity contribution in [2.24, 2.45) is 11.7 Å². The van der Waals surface area contributed by atoms with Crippen LogP contribution >= 0.6 is 0 Å². The molecule has 2 rings (SSSR count). The average Bonchev–Trinajstić information content (AvgIpc) is 2.46. The molecule has 2 unspecified atom stereocenters. The standard InChI is InChI=1S/C13H15F3N2O4S/c14-13(15,16)22-9-1-3-10(4-2-9)23(20,21)11-7-8(12(17)19)5-6-18-11/h1-4,8,11,18H,5-7H2,(H2,17,19). The monoisotopic (exact) mass is 352 g/mol. The fourth-order valence-electron chi connectivity index (χ4n) is 2.37. The zero-order valence-electron chi connectivity index (χ0n) is 11.8. The lowest BCUT2D eigenvalue weighted by atomic mass is 9.97. The van der Waals surface area contributed by atoms with E-state index in [2.05, 4.69) is 10.1 Å². The molecule has 0 spiro atoms. The zero-order chi connectivity index (χ0) is 17.3. The number of nitrogens with one attached hydrogen (secondary N) is 1. The molecule has 10 heteroatoms. The van der Waals surface area contributed by atoms with Crippen LogP contribution in [0.25, 0.3) is 0 Å². The number of piperidine rings is 1. The number of amides is 1. The number of nitrogens with two attached hydrogens (primary N) is 1. The SMILES string of the molecule is NC(=O)C1CCNC(S(=O)(=O)c2ccc(OC(F)(F)F)cc2)C1. The van der Waals surface area contributed by atoms with Crippen LogP contribution in [0.5, 0.6) is 5.75 Å². The van der Waals surface area contributed by atoms with Gasteiger partial charge >= 0.3 is 6.36 Å². The highest BCUT2D eigenvalue weighted by Gasteiger charge is 2.35. The predicted molar refractivity (Wildman–Crippen MR) is 74.0 cm³/mol. The van der Waals surface area contributed by atoms with Gasteiger partial charge in [0.1, 0.15) is 11.1 Å². The summed E-state index contributed by atoms with van der Waals surface area (Å²) in [6.45, 7) is 0.312. The van der Waals surface area contributed by atoms with Gasteiger partial charge in [-0.1, -0.05) is 0 Å². The normalized spacial score (nSPS) is 22.6. The summed E-state index contributed by atoms with van der Waals surface area (Å²) in [6.07, 6.45) is -4.38. The zero-order valence-corrected chi connectivity index (χ0v) is 12.7. The molecule has 1 fully saturated rings. The number of ether oxygens (including phenoxy) is 1. The van der Waals surface area contributed by atoms with Crippen LogP contribution in [0.4, 0.5) is 13.2 Å². The predicted octanol–water partition coefficient (Wildman–Crippen LogP) is 1.17. The average molecular weight is 352 g/mol. The molecule has 0 aliphatic carbocycles. The summed E-state index contributed by atoms with van der Waals surface area (Å²) < 4.78 is 64.9. The largest absolute Gasteiger partial charge is 0.573 e. The van der Waals surface area contributed by atoms with Gasteiger partial charge in [-0.2, -0.15) is 0 Å². The first-order valence-electron chi connectivity index (χ1n) is 6.72. The quantitative estimate of drug-likeness (QED) is 0.848. The van der Waals surface area contributed by atoms with E-state index in [-0.39, 0.29) is 11.3 Å². The first kappa shape index (κ1) is 17.5. The van der Waals surface area contributed by atoms with E-state index < -0.39 is 39.1 Å². The van der Waals surface area contributed by atoms with Crippen molar-refractivity contribution in [3.8, 4) is 5.75 Å². The van der Waals surface area contributed by atoms with Gasteiger partial charge in [0.2, 0.25) is 5.91 Å². The Bertz CT molecular complexity index is 673. The summed E-state index contributed by atoms with van der Waals surface area (Å²) in [5, 5.41) is 1.78. The number of hydrogen-bond donors (Lipinski definition) is 2. The van der Waals surface area contributed by atoms with Gasteiger partial charge in [0.05, 0.1) is 4.90 Å². The van der Waals surface area contributed by atoms with E-state index >= 15 is 0 Å². The van der Waals surface area contributed by atoms with E-state index in [0.717, 1.165) is 24.3 Å². The van der Waals surface area contributed by atoms with E-state index in [1.54, 1.807) is 0 Å². The van der Waals surface area contributed by atoms with E-state index in [0.29, 0.717) is 13.0 Å². The molecule has 6 nitrogen and oxygen atoms in total. The summed E-state index contributed by atoms with van der Waals surface area (Å²) in [4.78, 5) is 11.1. The lowest BCUT2D eigenvalue weighted by Crippen LogP contribution is -2.46. The van der Waals surface area contributed by atoms with Crippen molar-refractivity contribution in [1.82, 2.24) is 5.32 Å². The number of hydrogen-bond acceptors (Lipinski definition) is 5. The Hall–Kier alpha value is -1.81. The molecule has 1 amide bonds. The number of benzene rings is 1. The molecule has 0 saturated carbocycles. The fourth-order valence-corrected chi connectivity index (χ4v) is 4.04. The van der Waals surface area contributed by atoms with E-state index in [4.69, 9.17) is 5.73 Å². The van der Waals surface area contributed by atoms with Crippen molar-refractivity contribution in [2.45, 2.75) is 29.5 Å². The van der Waals surface area contributed by atoms with Crippen LogP contribution < -0.4 is 15.8 Å². The summed E-state index contributed by atoms with van der Waals surface area (Å²) >= 11 is 0. The third-order valence-corrected chi connectivity index (χ3v) is 5.56. The highest BCUT2D eigenvalue weighted by Crippen LogP contribution is 2.27. The summed E-state index contributed by atoms with van der Waals surface area (Å²) in [6, 6.07) is 3.92. The molecule has 1 aromatic carbocycles. The van der Waals surface area contributed by atoms with E-state index in [1.807, 2.05) is 0 Å². The van der Waals surface area contributed by atoms with Crippen LogP contribution in [0, 0.1) is 5.92 Å². The molecule has 23 heavy (non-hydrogen) atoms. The molecule has 0 radical (unpaired) electrons. The number of primary amides is 1. The van der Waals surface area contributed by atoms with Crippen LogP contribution in [0.1, 0.15) is 12.8 Å². The van der Waals surface area contributed by atoms with Gasteiger partial charge in [-0.05, 0) is 43.7 Å². The number of halogens is 3. The van der Waals surface area contributed by atoms with E-state index in [1.165, 1.54) is 0 Å². The molecule has 2 atom stereocenters. The fraction of sp³-hybridized carbons (Fsp3) is 0.462. The molecular formula is C13H15F3N2O4S. The Morgan fingerprint density at radius 3 is 2.39 bits per heavy atom. The maximum absolute atomic E-state index is 12.5. The van der Waals surface area contributed by atoms with Crippen LogP contribution in [-0.4, -0.2) is 32.6 Å². The van der Waals surface area contributed by atoms with Gasteiger partial charge < -0.3 is 15.8 Å². The first-order chi connectivity index (χ1) is 10.6. The van der Waals surface area contributed by atoms with Crippen LogP contribution in [0.15, 0.2) is 29.2 Å². The Morgan fingerprint density at radius 1 is 1.26 bits per heavy atom. The highest BCUT2D eigenvalue weighted by molar-refractivity contribution is 7.92. The topological polar surface area (TPSA) is 98.5 Å². The molecular weight excluding hydrogens is 337 g/mol. The second-order valence-electron chi connectivity index (χ2n) is 5.13.